The summed E-state index contributed by atoms with van der Waals surface area (Å²) in [5.74, 6) is -0.244. The molecule has 4 aromatic carbocycles. The third kappa shape index (κ3) is 9.94. The lowest BCUT2D eigenvalue weighted by atomic mass is 9.88. The highest BCUT2D eigenvalue weighted by molar-refractivity contribution is 7.13. The molecule has 5 aliphatic rings. The minimum Gasteiger partial charge on any atom is -0.486 e. The second kappa shape index (κ2) is 21.9. The molecule has 6 atom stereocenters. The Labute approximate surface area is 492 Å². The molecule has 5 aromatic heterocycles. The average molecular weight is 1170 g/mol. The number of nitrogens with one attached hydrogen (secondary N) is 3. The van der Waals surface area contributed by atoms with Gasteiger partial charge in [-0.05, 0) is 98.0 Å². The predicted molar refractivity (Wildman–Crippen MR) is 320 cm³/mol. The van der Waals surface area contributed by atoms with Crippen molar-refractivity contribution in [1.29, 1.82) is 0 Å². The molecule has 20 nitrogen and oxygen atoms in total. The maximum Gasteiger partial charge on any atom is 0.319 e. The second-order valence-electron chi connectivity index (χ2n) is 24.1. The summed E-state index contributed by atoms with van der Waals surface area (Å²) in [4.78, 5) is 68.3. The normalized spacial score (nSPS) is 20.9. The topological polar surface area (TPSA) is 242 Å². The molecule has 14 rings (SSSR count). The van der Waals surface area contributed by atoms with Gasteiger partial charge >= 0.3 is 6.01 Å². The summed E-state index contributed by atoms with van der Waals surface area (Å²) in [6.07, 6.45) is 6.64. The van der Waals surface area contributed by atoms with E-state index in [-0.39, 0.29) is 67.5 Å². The first kappa shape index (κ1) is 55.0. The standard InChI is InChI=1S/C63H67FN12O8S/c1-31(2)56(62(81)75-26-40(78)20-51(75)60(79)68-50(28-77)36-9-11-37(12-10-36)58-33(4)65-30-85-58)76-27-46-42-13-6-34(18-48(42)67-61(80)55(46)72-76)29-83-57-53(52-32(3)47(64)22-49-45(52)23-66-71-49)43(35-7-8-35)21-44-54(57)69-63(84-41-14-16-82-17-15-41)70-59(44)74-25-38-19-39(74)24-73(38)5/h6,9-13,18,21-23,27,30-31,35,38-41,50-51,56,77-78H,7-8,14-17,19-20,24-26,28-29H2,1-5H3,(H,66,71)(H,67,80)(H,68,79)/t38-,39-,40+,50-,51-,56?/m0/s1. The highest BCUT2D eigenvalue weighted by Crippen LogP contribution is 2.54. The molecule has 0 spiro atoms. The van der Waals surface area contributed by atoms with Crippen LogP contribution in [0.15, 0.2) is 77.3 Å². The van der Waals surface area contributed by atoms with E-state index in [9.17, 15) is 24.6 Å². The molecule has 1 unspecified atom stereocenters. The molecule has 2 bridgehead atoms. The number of nitrogens with zero attached hydrogens (tertiary/aromatic N) is 9. The lowest BCUT2D eigenvalue weighted by Crippen LogP contribution is -2.50. The van der Waals surface area contributed by atoms with Crippen molar-refractivity contribution >= 4 is 72.6 Å². The van der Waals surface area contributed by atoms with Gasteiger partial charge in [0.1, 0.15) is 41.9 Å². The second-order valence-corrected chi connectivity index (χ2v) is 25.0. The van der Waals surface area contributed by atoms with Crippen LogP contribution in [0.4, 0.5) is 10.2 Å². The number of likely N-dealkylation sites (tertiary alicyclic amines) is 2. The smallest absolute Gasteiger partial charge is 0.319 e. The molecule has 9 heterocycles. The van der Waals surface area contributed by atoms with Crippen LogP contribution in [0.25, 0.3) is 65.2 Å². The van der Waals surface area contributed by atoms with Crippen molar-refractivity contribution < 1.29 is 38.4 Å². The van der Waals surface area contributed by atoms with Gasteiger partial charge in [0.05, 0.1) is 59.8 Å². The lowest BCUT2D eigenvalue weighted by molar-refractivity contribution is -0.142. The summed E-state index contributed by atoms with van der Waals surface area (Å²) in [5.41, 5.74) is 9.26. The van der Waals surface area contributed by atoms with E-state index in [4.69, 9.17) is 29.3 Å². The molecule has 5 fully saturated rings. The van der Waals surface area contributed by atoms with E-state index >= 15 is 4.39 Å². The number of thiazole rings is 1. The molecule has 440 valence electrons. The first-order valence-electron chi connectivity index (χ1n) is 29.5. The van der Waals surface area contributed by atoms with Crippen molar-refractivity contribution in [3.8, 4) is 33.3 Å². The average Bonchev–Trinajstić information content (AvgIpc) is 2.34. The Morgan fingerprint density at radius 2 is 1.73 bits per heavy atom. The van der Waals surface area contributed by atoms with Crippen molar-refractivity contribution in [3.63, 3.8) is 0 Å². The van der Waals surface area contributed by atoms with Gasteiger partial charge in [0.15, 0.2) is 11.3 Å². The van der Waals surface area contributed by atoms with Crippen LogP contribution in [0.5, 0.6) is 11.8 Å². The minimum atomic E-state index is -1.04. The van der Waals surface area contributed by atoms with E-state index in [1.54, 1.807) is 24.8 Å². The van der Waals surface area contributed by atoms with E-state index < -0.39 is 41.6 Å². The summed E-state index contributed by atoms with van der Waals surface area (Å²) < 4.78 is 37.4. The number of amides is 2. The molecule has 4 saturated heterocycles. The number of aliphatic hydroxyl groups is 2. The summed E-state index contributed by atoms with van der Waals surface area (Å²) in [6, 6.07) is 15.0. The molecule has 22 heteroatoms. The molecular formula is C63H67FN12O8S. The molecule has 5 N–H and O–H groups in total. The van der Waals surface area contributed by atoms with Gasteiger partial charge in [0.25, 0.3) is 5.56 Å². The number of carbonyl (C=O) groups is 2. The van der Waals surface area contributed by atoms with Crippen molar-refractivity contribution in [2.45, 2.75) is 121 Å². The molecular weight excluding hydrogens is 1100 g/mol. The number of aliphatic hydroxyl groups excluding tert-OH is 2. The molecule has 1 saturated carbocycles. The molecule has 4 aliphatic heterocycles. The summed E-state index contributed by atoms with van der Waals surface area (Å²) in [6.45, 7) is 9.88. The Bertz CT molecular complexity index is 4150. The van der Waals surface area contributed by atoms with Crippen molar-refractivity contribution in [2.75, 3.05) is 51.4 Å². The highest BCUT2D eigenvalue weighted by Gasteiger charge is 2.45. The van der Waals surface area contributed by atoms with Crippen LogP contribution in [-0.2, 0) is 20.9 Å². The number of anilines is 1. The molecule has 1 aliphatic carbocycles. The lowest BCUT2D eigenvalue weighted by Gasteiger charge is -2.34. The predicted octanol–water partition coefficient (Wildman–Crippen LogP) is 8.16. The van der Waals surface area contributed by atoms with Gasteiger partial charge < -0.3 is 44.5 Å². The van der Waals surface area contributed by atoms with Crippen molar-refractivity contribution in [2.24, 2.45) is 5.92 Å². The summed E-state index contributed by atoms with van der Waals surface area (Å²) >= 11 is 1.53. The van der Waals surface area contributed by atoms with E-state index in [2.05, 4.69) is 48.4 Å². The van der Waals surface area contributed by atoms with E-state index in [0.29, 0.717) is 81.9 Å². The van der Waals surface area contributed by atoms with Gasteiger partial charge in [-0.1, -0.05) is 50.2 Å². The third-order valence-electron chi connectivity index (χ3n) is 18.2. The number of benzene rings is 4. The summed E-state index contributed by atoms with van der Waals surface area (Å²) in [7, 11) is 2.18. The molecule has 9 aromatic rings. The number of fused-ring (bicyclic) bond motifs is 7. The number of halogens is 1. The summed E-state index contributed by atoms with van der Waals surface area (Å²) in [5, 5.41) is 39.4. The number of aryl methyl sites for hydroxylation is 1. The number of aromatic nitrogens is 8. The monoisotopic (exact) mass is 1170 g/mol. The van der Waals surface area contributed by atoms with E-state index in [0.717, 1.165) is 81.8 Å². The Morgan fingerprint density at radius 3 is 2.45 bits per heavy atom. The number of piperazine rings is 1. The van der Waals surface area contributed by atoms with Gasteiger partial charge in [0, 0.05) is 95.4 Å². The van der Waals surface area contributed by atoms with Gasteiger partial charge in [0.2, 0.25) is 11.8 Å². The Hall–Kier alpha value is -7.89. The van der Waals surface area contributed by atoms with E-state index in [1.165, 1.54) is 27.0 Å². The number of rotatable bonds is 16. The van der Waals surface area contributed by atoms with Crippen LogP contribution in [0, 0.1) is 25.6 Å². The third-order valence-corrected chi connectivity index (χ3v) is 19.2. The van der Waals surface area contributed by atoms with Gasteiger partial charge in [-0.25, -0.2) is 9.37 Å². The largest absolute Gasteiger partial charge is 0.486 e. The van der Waals surface area contributed by atoms with Gasteiger partial charge in [-0.15, -0.1) is 11.3 Å². The zero-order valence-electron chi connectivity index (χ0n) is 48.0. The van der Waals surface area contributed by atoms with Crippen LogP contribution < -0.4 is 25.2 Å². The van der Waals surface area contributed by atoms with Crippen molar-refractivity contribution in [3.05, 3.63) is 117 Å². The molecule has 0 radical (unpaired) electrons. The van der Waals surface area contributed by atoms with E-state index in [1.807, 2.05) is 63.2 Å². The van der Waals surface area contributed by atoms with Gasteiger partial charge in [-0.2, -0.15) is 20.2 Å². The quantitative estimate of drug-likeness (QED) is 0.0613. The fourth-order valence-corrected chi connectivity index (χ4v) is 14.4. The number of carbonyl (C=O) groups excluding carboxylic acids is 2. The number of β-amino-alcohol motifs (C(OH)–C–C–N with tert-alkyl or cyclic N) is 1. The number of hydrogen-bond donors (Lipinski definition) is 5. The Balaban J connectivity index is 0.800. The number of pyridine rings is 1. The Morgan fingerprint density at radius 1 is 0.918 bits per heavy atom. The van der Waals surface area contributed by atoms with Crippen LogP contribution in [0.2, 0.25) is 0 Å². The van der Waals surface area contributed by atoms with Crippen LogP contribution in [-0.4, -0.2) is 149 Å². The number of H-pyrrole nitrogens is 2. The zero-order valence-corrected chi connectivity index (χ0v) is 48.8. The van der Waals surface area contributed by atoms with Gasteiger partial charge in [-0.3, -0.25) is 29.1 Å². The van der Waals surface area contributed by atoms with Crippen LogP contribution in [0.3, 0.4) is 0 Å². The SMILES string of the molecule is Cc1ncsc1-c1ccc([C@H](CO)NC(=O)[C@@H]2C[C@@H](O)CN2C(=O)C(C(C)C)n2cc3c(n2)c(=O)[nH]c2cc(COc4c(-c5c(C)c(F)cc6[nH]ncc56)c(C5CC5)cc5c(N6C[C@@H]7C[C@H]6CN7C)nc(OC6CCOCC6)nc45)ccc23)cc1. The maximum atomic E-state index is 16.3. The zero-order chi connectivity index (χ0) is 58.5. The Kier molecular flexibility index (Phi) is 14.2. The number of hydrogen-bond acceptors (Lipinski definition) is 16. The molecule has 2 amide bonds. The fourth-order valence-electron chi connectivity index (χ4n) is 13.5. The first-order chi connectivity index (χ1) is 41.2. The number of aromatic amines is 2. The fraction of sp³-hybridized carbons (Fsp3) is 0.429. The first-order valence-corrected chi connectivity index (χ1v) is 30.3. The number of ether oxygens (including phenoxy) is 3. The van der Waals surface area contributed by atoms with Crippen molar-refractivity contribution in [1.82, 2.24) is 55.0 Å². The number of likely N-dealkylation sites (N-methyl/N-ethyl adjacent to an activating group) is 1. The highest BCUT2D eigenvalue weighted by atomic mass is 32.1. The maximum absolute atomic E-state index is 16.3. The minimum absolute atomic E-state index is 0.00199. The van der Waals surface area contributed by atoms with Crippen LogP contribution in [0.1, 0.15) is 98.3 Å². The van der Waals surface area contributed by atoms with Crippen LogP contribution >= 0.6 is 11.3 Å². The molecule has 85 heavy (non-hydrogen) atoms.